The lowest BCUT2D eigenvalue weighted by Gasteiger charge is -2.28. The molecule has 1 saturated heterocycles. The van der Waals surface area contributed by atoms with E-state index in [2.05, 4.69) is 46.8 Å². The first-order valence-electron chi connectivity index (χ1n) is 7.25. The van der Waals surface area contributed by atoms with Gasteiger partial charge in [-0.15, -0.1) is 0 Å². The molecular formula is C16H20N4S. The van der Waals surface area contributed by atoms with E-state index >= 15 is 0 Å². The second-order valence-corrected chi connectivity index (χ2v) is 5.93. The van der Waals surface area contributed by atoms with Crippen molar-refractivity contribution in [1.29, 1.82) is 0 Å². The SMILES string of the molecule is CSCc1nc(-c2ccccc2)cc(N2CCNCC2)n1. The van der Waals surface area contributed by atoms with Gasteiger partial charge in [0.2, 0.25) is 0 Å². The van der Waals surface area contributed by atoms with Crippen molar-refractivity contribution in [2.24, 2.45) is 0 Å². The van der Waals surface area contributed by atoms with Gasteiger partial charge in [-0.05, 0) is 6.26 Å². The number of hydrogen-bond acceptors (Lipinski definition) is 5. The van der Waals surface area contributed by atoms with Gasteiger partial charge < -0.3 is 10.2 Å². The van der Waals surface area contributed by atoms with Crippen LogP contribution in [0.3, 0.4) is 0 Å². The molecule has 1 aromatic heterocycles. The molecule has 0 aliphatic carbocycles. The van der Waals surface area contributed by atoms with E-state index in [1.54, 1.807) is 11.8 Å². The van der Waals surface area contributed by atoms with Crippen molar-refractivity contribution < 1.29 is 0 Å². The van der Waals surface area contributed by atoms with Crippen molar-refractivity contribution in [1.82, 2.24) is 15.3 Å². The molecule has 2 aromatic rings. The molecule has 0 bridgehead atoms. The molecule has 0 radical (unpaired) electrons. The summed E-state index contributed by atoms with van der Waals surface area (Å²) in [6.45, 7) is 4.04. The van der Waals surface area contributed by atoms with Gasteiger partial charge in [0.25, 0.3) is 0 Å². The Kier molecular flexibility index (Phi) is 4.72. The highest BCUT2D eigenvalue weighted by atomic mass is 32.2. The summed E-state index contributed by atoms with van der Waals surface area (Å²) in [6, 6.07) is 12.5. The van der Waals surface area contributed by atoms with Crippen molar-refractivity contribution in [3.05, 3.63) is 42.2 Å². The van der Waals surface area contributed by atoms with Gasteiger partial charge in [-0.3, -0.25) is 0 Å². The Morgan fingerprint density at radius 1 is 1.14 bits per heavy atom. The van der Waals surface area contributed by atoms with Crippen LogP contribution in [-0.2, 0) is 5.75 Å². The summed E-state index contributed by atoms with van der Waals surface area (Å²) < 4.78 is 0. The largest absolute Gasteiger partial charge is 0.354 e. The highest BCUT2D eigenvalue weighted by molar-refractivity contribution is 7.97. The van der Waals surface area contributed by atoms with Crippen molar-refractivity contribution in [2.45, 2.75) is 5.75 Å². The minimum atomic E-state index is 0.847. The molecule has 0 atom stereocenters. The minimum Gasteiger partial charge on any atom is -0.354 e. The molecule has 5 heteroatoms. The maximum absolute atomic E-state index is 4.74. The molecule has 1 aliphatic heterocycles. The van der Waals surface area contributed by atoms with E-state index in [1.165, 1.54) is 0 Å². The third kappa shape index (κ3) is 3.54. The number of rotatable bonds is 4. The average Bonchev–Trinajstić information content (AvgIpc) is 2.56. The van der Waals surface area contributed by atoms with Gasteiger partial charge in [0.05, 0.1) is 11.4 Å². The summed E-state index contributed by atoms with van der Waals surface area (Å²) >= 11 is 1.76. The van der Waals surface area contributed by atoms with Crippen LogP contribution in [0.5, 0.6) is 0 Å². The van der Waals surface area contributed by atoms with Crippen LogP contribution >= 0.6 is 11.8 Å². The Hall–Kier alpha value is -1.59. The number of aromatic nitrogens is 2. The van der Waals surface area contributed by atoms with E-state index in [-0.39, 0.29) is 0 Å². The number of anilines is 1. The Balaban J connectivity index is 1.97. The van der Waals surface area contributed by atoms with Crippen LogP contribution in [0.25, 0.3) is 11.3 Å². The second-order valence-electron chi connectivity index (χ2n) is 5.06. The van der Waals surface area contributed by atoms with Crippen LogP contribution in [0.2, 0.25) is 0 Å². The van der Waals surface area contributed by atoms with Crippen molar-refractivity contribution >= 4 is 17.6 Å². The summed E-state index contributed by atoms with van der Waals surface area (Å²) in [6.07, 6.45) is 2.09. The second kappa shape index (κ2) is 6.91. The first kappa shape index (κ1) is 14.4. The predicted molar refractivity (Wildman–Crippen MR) is 89.8 cm³/mol. The predicted octanol–water partition coefficient (Wildman–Crippen LogP) is 2.42. The number of hydrogen-bond donors (Lipinski definition) is 1. The standard InChI is InChI=1S/C16H20N4S/c1-21-12-15-18-14(13-5-3-2-4-6-13)11-16(19-15)20-9-7-17-8-10-20/h2-6,11,17H,7-10,12H2,1H3. The van der Waals surface area contributed by atoms with Crippen LogP contribution in [0.1, 0.15) is 5.82 Å². The fraction of sp³-hybridized carbons (Fsp3) is 0.375. The molecule has 0 amide bonds. The van der Waals surface area contributed by atoms with Gasteiger partial charge in [0.1, 0.15) is 11.6 Å². The van der Waals surface area contributed by atoms with Gasteiger partial charge in [0, 0.05) is 37.8 Å². The quantitative estimate of drug-likeness (QED) is 0.939. The zero-order valence-electron chi connectivity index (χ0n) is 12.2. The molecule has 4 nitrogen and oxygen atoms in total. The monoisotopic (exact) mass is 300 g/mol. The molecule has 21 heavy (non-hydrogen) atoms. The molecule has 1 aromatic carbocycles. The first-order chi connectivity index (χ1) is 10.4. The number of nitrogens with one attached hydrogen (secondary N) is 1. The molecule has 1 aliphatic rings. The van der Waals surface area contributed by atoms with Crippen LogP contribution in [0.15, 0.2) is 36.4 Å². The van der Waals surface area contributed by atoms with Gasteiger partial charge in [-0.25, -0.2) is 9.97 Å². The van der Waals surface area contributed by atoms with Gasteiger partial charge >= 0.3 is 0 Å². The lowest BCUT2D eigenvalue weighted by Crippen LogP contribution is -2.44. The van der Waals surface area contributed by atoms with E-state index in [9.17, 15) is 0 Å². The fourth-order valence-electron chi connectivity index (χ4n) is 2.49. The van der Waals surface area contributed by atoms with Crippen LogP contribution in [0.4, 0.5) is 5.82 Å². The molecule has 0 saturated carbocycles. The zero-order chi connectivity index (χ0) is 14.5. The van der Waals surface area contributed by atoms with Crippen molar-refractivity contribution in [2.75, 3.05) is 37.3 Å². The third-order valence-electron chi connectivity index (χ3n) is 3.54. The maximum Gasteiger partial charge on any atom is 0.141 e. The van der Waals surface area contributed by atoms with Gasteiger partial charge in [0.15, 0.2) is 0 Å². The van der Waals surface area contributed by atoms with Crippen LogP contribution < -0.4 is 10.2 Å². The Labute approximate surface area is 130 Å². The summed E-state index contributed by atoms with van der Waals surface area (Å²) in [5.74, 6) is 2.81. The Bertz CT molecular complexity index is 582. The molecule has 1 N–H and O–H groups in total. The minimum absolute atomic E-state index is 0.847. The van der Waals surface area contributed by atoms with E-state index in [0.29, 0.717) is 0 Å². The summed E-state index contributed by atoms with van der Waals surface area (Å²) in [5, 5.41) is 3.38. The smallest absolute Gasteiger partial charge is 0.141 e. The first-order valence-corrected chi connectivity index (χ1v) is 8.64. The average molecular weight is 300 g/mol. The number of benzene rings is 1. The lowest BCUT2D eigenvalue weighted by atomic mass is 10.1. The molecule has 0 unspecified atom stereocenters. The highest BCUT2D eigenvalue weighted by Gasteiger charge is 2.14. The molecular weight excluding hydrogens is 280 g/mol. The summed E-state index contributed by atoms with van der Waals surface area (Å²) in [5.41, 5.74) is 2.17. The molecule has 110 valence electrons. The normalized spacial score (nSPS) is 15.2. The van der Waals surface area contributed by atoms with E-state index in [4.69, 9.17) is 9.97 Å². The lowest BCUT2D eigenvalue weighted by molar-refractivity contribution is 0.584. The van der Waals surface area contributed by atoms with E-state index in [1.807, 2.05) is 6.07 Å². The van der Waals surface area contributed by atoms with Crippen LogP contribution in [-0.4, -0.2) is 42.4 Å². The van der Waals surface area contributed by atoms with Gasteiger partial charge in [-0.2, -0.15) is 11.8 Å². The summed E-state index contributed by atoms with van der Waals surface area (Å²) in [4.78, 5) is 11.8. The fourth-order valence-corrected chi connectivity index (χ4v) is 2.88. The number of thioether (sulfide) groups is 1. The maximum atomic E-state index is 4.74. The number of piperazine rings is 1. The van der Waals surface area contributed by atoms with Crippen molar-refractivity contribution in [3.8, 4) is 11.3 Å². The highest BCUT2D eigenvalue weighted by Crippen LogP contribution is 2.23. The number of nitrogens with zero attached hydrogens (tertiary/aromatic N) is 3. The van der Waals surface area contributed by atoms with Crippen molar-refractivity contribution in [3.63, 3.8) is 0 Å². The topological polar surface area (TPSA) is 41.1 Å². The van der Waals surface area contributed by atoms with Gasteiger partial charge in [-0.1, -0.05) is 30.3 Å². The molecule has 3 rings (SSSR count). The molecule has 0 spiro atoms. The van der Waals surface area contributed by atoms with E-state index in [0.717, 1.165) is 54.8 Å². The third-order valence-corrected chi connectivity index (χ3v) is 4.09. The molecule has 2 heterocycles. The van der Waals surface area contributed by atoms with E-state index < -0.39 is 0 Å². The Morgan fingerprint density at radius 2 is 1.90 bits per heavy atom. The molecule has 1 fully saturated rings. The van der Waals surface area contributed by atoms with Crippen LogP contribution in [0, 0.1) is 0 Å². The zero-order valence-corrected chi connectivity index (χ0v) is 13.1. The summed E-state index contributed by atoms with van der Waals surface area (Å²) in [7, 11) is 0. The Morgan fingerprint density at radius 3 is 2.62 bits per heavy atom.